The summed E-state index contributed by atoms with van der Waals surface area (Å²) in [4.78, 5) is 0. The highest BCUT2D eigenvalue weighted by atomic mass is 79.9. The Kier molecular flexibility index (Phi) is 3.41. The van der Waals surface area contributed by atoms with Crippen LogP contribution in [0.5, 0.6) is 5.75 Å². The van der Waals surface area contributed by atoms with Crippen LogP contribution in [0.1, 0.15) is 13.3 Å². The fraction of sp³-hybridized carbons (Fsp3) is 0.333. The van der Waals surface area contributed by atoms with Gasteiger partial charge in [-0.3, -0.25) is 0 Å². The molecular formula is C9H12BrNO. The van der Waals surface area contributed by atoms with Gasteiger partial charge in [-0.2, -0.15) is 0 Å². The molecule has 1 rings (SSSR count). The summed E-state index contributed by atoms with van der Waals surface area (Å²) >= 11 is 3.33. The number of anilines is 1. The van der Waals surface area contributed by atoms with Crippen LogP contribution >= 0.6 is 15.9 Å². The first kappa shape index (κ1) is 9.39. The Morgan fingerprint density at radius 2 is 2.25 bits per heavy atom. The van der Waals surface area contributed by atoms with E-state index in [0.29, 0.717) is 0 Å². The van der Waals surface area contributed by atoms with E-state index < -0.39 is 0 Å². The lowest BCUT2D eigenvalue weighted by molar-refractivity contribution is 0.317. The van der Waals surface area contributed by atoms with Gasteiger partial charge >= 0.3 is 0 Å². The van der Waals surface area contributed by atoms with E-state index in [-0.39, 0.29) is 0 Å². The highest BCUT2D eigenvalue weighted by Gasteiger charge is 1.97. The molecule has 0 aliphatic carbocycles. The van der Waals surface area contributed by atoms with Gasteiger partial charge in [0.05, 0.1) is 6.61 Å². The number of rotatable bonds is 3. The van der Waals surface area contributed by atoms with E-state index in [1.807, 2.05) is 18.2 Å². The number of halogens is 1. The van der Waals surface area contributed by atoms with Crippen LogP contribution < -0.4 is 10.5 Å². The molecule has 1 aromatic rings. The van der Waals surface area contributed by atoms with E-state index in [9.17, 15) is 0 Å². The minimum atomic E-state index is 0.735. The lowest BCUT2D eigenvalue weighted by Crippen LogP contribution is -1.95. The van der Waals surface area contributed by atoms with Gasteiger partial charge in [-0.05, 0) is 40.5 Å². The first-order valence-electron chi connectivity index (χ1n) is 3.92. The van der Waals surface area contributed by atoms with Gasteiger partial charge in [-0.1, -0.05) is 6.92 Å². The smallest absolute Gasteiger partial charge is 0.120 e. The van der Waals surface area contributed by atoms with Gasteiger partial charge in [0.25, 0.3) is 0 Å². The second kappa shape index (κ2) is 4.36. The molecule has 0 atom stereocenters. The average molecular weight is 230 g/mol. The molecule has 1 aromatic carbocycles. The molecule has 0 aliphatic rings. The first-order chi connectivity index (χ1) is 5.74. The SMILES string of the molecule is CCCOc1ccc(N)c(Br)c1. The van der Waals surface area contributed by atoms with Crippen molar-refractivity contribution in [1.82, 2.24) is 0 Å². The molecular weight excluding hydrogens is 218 g/mol. The third-order valence-electron chi connectivity index (χ3n) is 1.44. The molecule has 0 radical (unpaired) electrons. The zero-order chi connectivity index (χ0) is 8.97. The minimum absolute atomic E-state index is 0.735. The van der Waals surface area contributed by atoms with Gasteiger partial charge in [0.2, 0.25) is 0 Å². The van der Waals surface area contributed by atoms with Crippen LogP contribution in [-0.4, -0.2) is 6.61 Å². The number of benzene rings is 1. The van der Waals surface area contributed by atoms with Crippen LogP contribution in [0.25, 0.3) is 0 Å². The standard InChI is InChI=1S/C9H12BrNO/c1-2-5-12-7-3-4-9(11)8(10)6-7/h3-4,6H,2,5,11H2,1H3. The van der Waals surface area contributed by atoms with E-state index in [1.54, 1.807) is 0 Å². The van der Waals surface area contributed by atoms with E-state index in [2.05, 4.69) is 22.9 Å². The molecule has 0 aliphatic heterocycles. The van der Waals surface area contributed by atoms with Crippen molar-refractivity contribution in [3.8, 4) is 5.75 Å². The van der Waals surface area contributed by atoms with Crippen LogP contribution in [0.3, 0.4) is 0 Å². The van der Waals surface area contributed by atoms with Crippen molar-refractivity contribution in [2.45, 2.75) is 13.3 Å². The molecule has 0 unspecified atom stereocenters. The molecule has 0 aromatic heterocycles. The largest absolute Gasteiger partial charge is 0.494 e. The van der Waals surface area contributed by atoms with Crippen LogP contribution in [0.4, 0.5) is 5.69 Å². The van der Waals surface area contributed by atoms with Crippen molar-refractivity contribution in [2.75, 3.05) is 12.3 Å². The zero-order valence-electron chi connectivity index (χ0n) is 7.01. The molecule has 66 valence electrons. The van der Waals surface area contributed by atoms with E-state index in [0.717, 1.165) is 28.9 Å². The third kappa shape index (κ3) is 2.41. The maximum Gasteiger partial charge on any atom is 0.120 e. The summed E-state index contributed by atoms with van der Waals surface area (Å²) in [6, 6.07) is 5.58. The lowest BCUT2D eigenvalue weighted by atomic mass is 10.3. The number of hydrogen-bond donors (Lipinski definition) is 1. The van der Waals surface area contributed by atoms with Gasteiger partial charge in [0.15, 0.2) is 0 Å². The predicted molar refractivity (Wildman–Crippen MR) is 54.3 cm³/mol. The van der Waals surface area contributed by atoms with Gasteiger partial charge in [0, 0.05) is 10.2 Å². The molecule has 0 bridgehead atoms. The summed E-state index contributed by atoms with van der Waals surface area (Å²) in [5.74, 6) is 0.859. The fourth-order valence-corrected chi connectivity index (χ4v) is 1.18. The van der Waals surface area contributed by atoms with Crippen LogP contribution in [0, 0.1) is 0 Å². The normalized spacial score (nSPS) is 9.83. The summed E-state index contributed by atoms with van der Waals surface area (Å²) in [6.45, 7) is 2.82. The minimum Gasteiger partial charge on any atom is -0.494 e. The van der Waals surface area contributed by atoms with Crippen LogP contribution in [0.15, 0.2) is 22.7 Å². The Balaban J connectivity index is 2.69. The molecule has 0 heterocycles. The van der Waals surface area contributed by atoms with Crippen molar-refractivity contribution in [1.29, 1.82) is 0 Å². The maximum atomic E-state index is 5.61. The third-order valence-corrected chi connectivity index (χ3v) is 2.13. The molecule has 12 heavy (non-hydrogen) atoms. The number of nitrogens with two attached hydrogens (primary N) is 1. The Hall–Kier alpha value is -0.700. The monoisotopic (exact) mass is 229 g/mol. The van der Waals surface area contributed by atoms with E-state index >= 15 is 0 Å². The molecule has 3 heteroatoms. The van der Waals surface area contributed by atoms with E-state index in [4.69, 9.17) is 10.5 Å². The second-order valence-corrected chi connectivity index (χ2v) is 3.39. The lowest BCUT2D eigenvalue weighted by Gasteiger charge is -2.05. The van der Waals surface area contributed by atoms with Crippen LogP contribution in [0.2, 0.25) is 0 Å². The average Bonchev–Trinajstić information content (AvgIpc) is 2.07. The highest BCUT2D eigenvalue weighted by molar-refractivity contribution is 9.10. The Morgan fingerprint density at radius 1 is 1.50 bits per heavy atom. The number of nitrogen functional groups attached to an aromatic ring is 1. The summed E-state index contributed by atoms with van der Waals surface area (Å²) in [7, 11) is 0. The quantitative estimate of drug-likeness (QED) is 0.810. The van der Waals surface area contributed by atoms with Crippen molar-refractivity contribution in [2.24, 2.45) is 0 Å². The Morgan fingerprint density at radius 3 is 2.83 bits per heavy atom. The van der Waals surface area contributed by atoms with Gasteiger partial charge in [0.1, 0.15) is 5.75 Å². The fourth-order valence-electron chi connectivity index (χ4n) is 0.818. The van der Waals surface area contributed by atoms with Crippen LogP contribution in [-0.2, 0) is 0 Å². The predicted octanol–water partition coefficient (Wildman–Crippen LogP) is 2.82. The van der Waals surface area contributed by atoms with Gasteiger partial charge in [-0.15, -0.1) is 0 Å². The van der Waals surface area contributed by atoms with Crippen molar-refractivity contribution >= 4 is 21.6 Å². The molecule has 2 N–H and O–H groups in total. The zero-order valence-corrected chi connectivity index (χ0v) is 8.60. The molecule has 0 saturated carbocycles. The molecule has 0 fully saturated rings. The second-order valence-electron chi connectivity index (χ2n) is 2.53. The van der Waals surface area contributed by atoms with Crippen molar-refractivity contribution < 1.29 is 4.74 Å². The van der Waals surface area contributed by atoms with Gasteiger partial charge < -0.3 is 10.5 Å². The highest BCUT2D eigenvalue weighted by Crippen LogP contribution is 2.24. The Bertz CT molecular complexity index is 263. The molecule has 0 amide bonds. The Labute approximate surface area is 80.8 Å². The summed E-state index contributed by atoms with van der Waals surface area (Å²) in [5.41, 5.74) is 6.35. The summed E-state index contributed by atoms with van der Waals surface area (Å²) in [6.07, 6.45) is 1.02. The molecule has 0 saturated heterocycles. The van der Waals surface area contributed by atoms with Gasteiger partial charge in [-0.25, -0.2) is 0 Å². The topological polar surface area (TPSA) is 35.2 Å². The summed E-state index contributed by atoms with van der Waals surface area (Å²) < 4.78 is 6.29. The van der Waals surface area contributed by atoms with Crippen molar-refractivity contribution in [3.05, 3.63) is 22.7 Å². The first-order valence-corrected chi connectivity index (χ1v) is 4.71. The molecule has 2 nitrogen and oxygen atoms in total. The van der Waals surface area contributed by atoms with E-state index in [1.165, 1.54) is 0 Å². The molecule has 0 spiro atoms. The van der Waals surface area contributed by atoms with Crippen molar-refractivity contribution in [3.63, 3.8) is 0 Å². The number of ether oxygens (including phenoxy) is 1. The summed E-state index contributed by atoms with van der Waals surface area (Å²) in [5, 5.41) is 0. The number of hydrogen-bond acceptors (Lipinski definition) is 2. The maximum absolute atomic E-state index is 5.61.